The fraction of sp³-hybridized carbons (Fsp3) is 0.833. The molecule has 0 saturated heterocycles. The molecular weight excluding hydrogens is 168 g/mol. The molecule has 0 aromatic carbocycles. The second-order valence-electron chi connectivity index (χ2n) is 1.48. The SMILES string of the molecule is CCCC(=O)O.CSSC. The van der Waals surface area contributed by atoms with Crippen molar-refractivity contribution in [2.75, 3.05) is 12.5 Å². The molecule has 0 aromatic heterocycles. The number of carboxylic acids is 1. The maximum Gasteiger partial charge on any atom is 0.303 e. The number of carbonyl (C=O) groups is 1. The number of rotatable bonds is 3. The van der Waals surface area contributed by atoms with E-state index in [2.05, 4.69) is 12.5 Å². The number of hydrogen-bond donors (Lipinski definition) is 1. The van der Waals surface area contributed by atoms with Crippen molar-refractivity contribution in [3.05, 3.63) is 0 Å². The summed E-state index contributed by atoms with van der Waals surface area (Å²) in [5.41, 5.74) is 0. The quantitative estimate of drug-likeness (QED) is 0.680. The summed E-state index contributed by atoms with van der Waals surface area (Å²) in [6.45, 7) is 1.84. The first-order valence-electron chi connectivity index (χ1n) is 2.97. The van der Waals surface area contributed by atoms with E-state index in [0.29, 0.717) is 6.42 Å². The molecule has 4 heteroatoms. The number of aliphatic carboxylic acids is 1. The minimum atomic E-state index is -0.711. The molecule has 1 N–H and O–H groups in total. The van der Waals surface area contributed by atoms with Crippen LogP contribution in [0.1, 0.15) is 19.8 Å². The second-order valence-corrected chi connectivity index (χ2v) is 4.14. The molecule has 0 fully saturated rings. The summed E-state index contributed by atoms with van der Waals surface area (Å²) < 4.78 is 0. The Bertz CT molecular complexity index is 74.1. The molecule has 0 amide bonds. The first-order valence-corrected chi connectivity index (χ1v) is 5.94. The summed E-state index contributed by atoms with van der Waals surface area (Å²) in [4.78, 5) is 9.60. The average Bonchev–Trinajstić information content (AvgIpc) is 1.89. The van der Waals surface area contributed by atoms with Crippen molar-refractivity contribution in [1.29, 1.82) is 0 Å². The Balaban J connectivity index is 0. The normalized spacial score (nSPS) is 7.90. The van der Waals surface area contributed by atoms with Crippen LogP contribution < -0.4 is 0 Å². The van der Waals surface area contributed by atoms with Crippen molar-refractivity contribution in [2.45, 2.75) is 19.8 Å². The third-order valence-corrected chi connectivity index (χ3v) is 1.96. The Morgan fingerprint density at radius 2 is 1.80 bits per heavy atom. The van der Waals surface area contributed by atoms with Crippen LogP contribution in [-0.2, 0) is 4.79 Å². The zero-order valence-corrected chi connectivity index (χ0v) is 8.22. The van der Waals surface area contributed by atoms with Crippen molar-refractivity contribution < 1.29 is 9.90 Å². The highest BCUT2D eigenvalue weighted by Crippen LogP contribution is 2.09. The van der Waals surface area contributed by atoms with E-state index in [1.54, 1.807) is 21.6 Å². The van der Waals surface area contributed by atoms with Crippen LogP contribution in [0.2, 0.25) is 0 Å². The van der Waals surface area contributed by atoms with E-state index in [-0.39, 0.29) is 0 Å². The zero-order chi connectivity index (χ0) is 8.41. The molecule has 0 aromatic rings. The number of hydrogen-bond acceptors (Lipinski definition) is 3. The second kappa shape index (κ2) is 11.9. The molecule has 0 aliphatic rings. The van der Waals surface area contributed by atoms with E-state index >= 15 is 0 Å². The molecule has 10 heavy (non-hydrogen) atoms. The summed E-state index contributed by atoms with van der Waals surface area (Å²) in [7, 11) is 3.55. The van der Waals surface area contributed by atoms with Crippen LogP contribution in [0.4, 0.5) is 0 Å². The van der Waals surface area contributed by atoms with Crippen LogP contribution in [0.5, 0.6) is 0 Å². The molecule has 0 rings (SSSR count). The molecule has 0 atom stereocenters. The standard InChI is InChI=1S/C4H8O2.C2H6S2/c1-2-3-4(5)6;1-3-4-2/h2-3H2,1H3,(H,5,6);1-2H3. The van der Waals surface area contributed by atoms with Crippen LogP contribution in [-0.4, -0.2) is 23.6 Å². The molecule has 0 bridgehead atoms. The van der Waals surface area contributed by atoms with E-state index in [0.717, 1.165) is 6.42 Å². The minimum Gasteiger partial charge on any atom is -0.481 e. The molecule has 62 valence electrons. The van der Waals surface area contributed by atoms with Crippen molar-refractivity contribution in [2.24, 2.45) is 0 Å². The lowest BCUT2D eigenvalue weighted by molar-refractivity contribution is -0.137. The van der Waals surface area contributed by atoms with Crippen LogP contribution in [0.25, 0.3) is 0 Å². The molecule has 0 radical (unpaired) electrons. The summed E-state index contributed by atoms with van der Waals surface area (Å²) in [6, 6.07) is 0. The highest BCUT2D eigenvalue weighted by molar-refractivity contribution is 8.76. The Morgan fingerprint density at radius 3 is 1.80 bits per heavy atom. The molecule has 0 saturated carbocycles. The Morgan fingerprint density at radius 1 is 1.40 bits per heavy atom. The maximum atomic E-state index is 9.60. The van der Waals surface area contributed by atoms with Gasteiger partial charge in [-0.1, -0.05) is 28.5 Å². The first-order chi connectivity index (χ1) is 4.68. The van der Waals surface area contributed by atoms with Gasteiger partial charge in [-0.05, 0) is 18.9 Å². The van der Waals surface area contributed by atoms with Crippen LogP contribution in [0.3, 0.4) is 0 Å². The Labute approximate surface area is 70.2 Å². The summed E-state index contributed by atoms with van der Waals surface area (Å²) in [6.07, 6.45) is 5.14. The summed E-state index contributed by atoms with van der Waals surface area (Å²) in [5, 5.41) is 7.91. The highest BCUT2D eigenvalue weighted by Gasteiger charge is 1.87. The summed E-state index contributed by atoms with van der Waals surface area (Å²) >= 11 is 0. The maximum absolute atomic E-state index is 9.60. The third-order valence-electron chi connectivity index (χ3n) is 0.631. The van der Waals surface area contributed by atoms with Gasteiger partial charge < -0.3 is 5.11 Å². The van der Waals surface area contributed by atoms with Crippen LogP contribution >= 0.6 is 21.6 Å². The van der Waals surface area contributed by atoms with Gasteiger partial charge >= 0.3 is 5.97 Å². The molecule has 0 aliphatic carbocycles. The fourth-order valence-corrected chi connectivity index (χ4v) is 0.214. The van der Waals surface area contributed by atoms with Gasteiger partial charge in [0.2, 0.25) is 0 Å². The van der Waals surface area contributed by atoms with Crippen molar-refractivity contribution in [3.63, 3.8) is 0 Å². The predicted molar refractivity (Wildman–Crippen MR) is 49.6 cm³/mol. The van der Waals surface area contributed by atoms with E-state index in [1.165, 1.54) is 0 Å². The Hall–Kier alpha value is 0.170. The van der Waals surface area contributed by atoms with Gasteiger partial charge in [0.25, 0.3) is 0 Å². The van der Waals surface area contributed by atoms with E-state index < -0.39 is 5.97 Å². The fourth-order valence-electron chi connectivity index (χ4n) is 0.214. The van der Waals surface area contributed by atoms with Gasteiger partial charge in [0, 0.05) is 6.42 Å². The van der Waals surface area contributed by atoms with Gasteiger partial charge in [-0.3, -0.25) is 4.79 Å². The average molecular weight is 182 g/mol. The molecule has 2 nitrogen and oxygen atoms in total. The van der Waals surface area contributed by atoms with Gasteiger partial charge in [0.05, 0.1) is 0 Å². The molecule has 0 spiro atoms. The smallest absolute Gasteiger partial charge is 0.303 e. The summed E-state index contributed by atoms with van der Waals surface area (Å²) in [5.74, 6) is -0.711. The largest absolute Gasteiger partial charge is 0.481 e. The van der Waals surface area contributed by atoms with Gasteiger partial charge in [-0.15, -0.1) is 0 Å². The Kier molecular flexibility index (Phi) is 15.3. The van der Waals surface area contributed by atoms with Gasteiger partial charge in [-0.2, -0.15) is 0 Å². The first kappa shape index (κ1) is 12.8. The molecular formula is C6H14O2S2. The molecule has 0 aliphatic heterocycles. The lowest BCUT2D eigenvalue weighted by atomic mass is 10.4. The lowest BCUT2D eigenvalue weighted by Crippen LogP contribution is -1.90. The molecule has 0 unspecified atom stereocenters. The van der Waals surface area contributed by atoms with E-state index in [9.17, 15) is 4.79 Å². The van der Waals surface area contributed by atoms with Crippen molar-refractivity contribution in [3.8, 4) is 0 Å². The molecule has 0 heterocycles. The van der Waals surface area contributed by atoms with E-state index in [4.69, 9.17) is 5.11 Å². The monoisotopic (exact) mass is 182 g/mol. The van der Waals surface area contributed by atoms with Crippen molar-refractivity contribution >= 4 is 27.6 Å². The minimum absolute atomic E-state index is 0.292. The van der Waals surface area contributed by atoms with E-state index in [1.807, 2.05) is 6.92 Å². The van der Waals surface area contributed by atoms with Gasteiger partial charge in [0.1, 0.15) is 0 Å². The van der Waals surface area contributed by atoms with Gasteiger partial charge in [-0.25, -0.2) is 0 Å². The van der Waals surface area contributed by atoms with Crippen LogP contribution in [0, 0.1) is 0 Å². The van der Waals surface area contributed by atoms with Crippen LogP contribution in [0.15, 0.2) is 0 Å². The zero-order valence-electron chi connectivity index (χ0n) is 6.59. The van der Waals surface area contributed by atoms with Gasteiger partial charge in [0.15, 0.2) is 0 Å². The predicted octanol–water partition coefficient (Wildman–Crippen LogP) is 2.50. The lowest BCUT2D eigenvalue weighted by Gasteiger charge is -1.79. The highest BCUT2D eigenvalue weighted by atomic mass is 33.1. The third kappa shape index (κ3) is 24.2. The topological polar surface area (TPSA) is 37.3 Å². The van der Waals surface area contributed by atoms with Crippen molar-refractivity contribution in [1.82, 2.24) is 0 Å². The number of carboxylic acid groups (broad SMARTS) is 1.